The van der Waals surface area contributed by atoms with Crippen LogP contribution in [0.15, 0.2) is 90.1 Å². The number of sulfonamides is 1. The van der Waals surface area contributed by atoms with Crippen LogP contribution in [-0.4, -0.2) is 79.6 Å². The first-order valence-electron chi connectivity index (χ1n) is 22.6. The molecule has 3 N–H and O–H groups in total. The molecule has 2 aromatic heterocycles. The van der Waals surface area contributed by atoms with Crippen molar-refractivity contribution in [3.8, 4) is 11.5 Å². The number of carbonyl (C=O) groups is 1. The van der Waals surface area contributed by atoms with Crippen LogP contribution in [0.2, 0.25) is 0 Å². The van der Waals surface area contributed by atoms with E-state index in [9.17, 15) is 23.3 Å². The van der Waals surface area contributed by atoms with E-state index in [0.29, 0.717) is 43.2 Å². The van der Waals surface area contributed by atoms with Gasteiger partial charge in [0.1, 0.15) is 22.8 Å². The minimum absolute atomic E-state index is 0. The first-order valence-corrected chi connectivity index (χ1v) is 24.1. The van der Waals surface area contributed by atoms with Crippen molar-refractivity contribution in [1.29, 1.82) is 0 Å². The molecule has 0 bridgehead atoms. The van der Waals surface area contributed by atoms with Crippen LogP contribution in [0.3, 0.4) is 0 Å². The van der Waals surface area contributed by atoms with Gasteiger partial charge < -0.3 is 24.7 Å². The largest absolute Gasteiger partial charge is 0.455 e. The number of likely N-dealkylation sites (tertiary alicyclic amines) is 1. The summed E-state index contributed by atoms with van der Waals surface area (Å²) < 4.78 is 41.4. The Morgan fingerprint density at radius 3 is 2.52 bits per heavy atom. The molecule has 5 fully saturated rings. The van der Waals surface area contributed by atoms with E-state index in [1.807, 2.05) is 18.2 Å². The molecule has 1 atom stereocenters. The van der Waals surface area contributed by atoms with Crippen molar-refractivity contribution in [3.05, 3.63) is 112 Å². The number of carbonyl (C=O) groups excluding carboxylic acids is 1. The molecule has 3 saturated heterocycles. The van der Waals surface area contributed by atoms with Crippen molar-refractivity contribution in [2.24, 2.45) is 11.3 Å². The summed E-state index contributed by atoms with van der Waals surface area (Å²) in [6, 6.07) is 22.8. The first kappa shape index (κ1) is 44.1. The second-order valence-electron chi connectivity index (χ2n) is 18.4. The van der Waals surface area contributed by atoms with Gasteiger partial charge in [0.15, 0.2) is 0 Å². The Hall–Kier alpha value is -5.16. The van der Waals surface area contributed by atoms with E-state index < -0.39 is 31.4 Å². The number of amides is 1. The van der Waals surface area contributed by atoms with Crippen molar-refractivity contribution in [1.82, 2.24) is 19.6 Å². The van der Waals surface area contributed by atoms with Gasteiger partial charge in [0.2, 0.25) is 0 Å². The van der Waals surface area contributed by atoms with Gasteiger partial charge in [-0.2, -0.15) is 13.5 Å². The number of nitrogens with one attached hydrogen (secondary N) is 3. The lowest BCUT2D eigenvalue weighted by atomic mass is 9.71. The summed E-state index contributed by atoms with van der Waals surface area (Å²) in [5.74, 6) is 0.658. The number of rotatable bonds is 13. The van der Waals surface area contributed by atoms with Gasteiger partial charge in [-0.25, -0.2) is 18.1 Å². The van der Waals surface area contributed by atoms with Gasteiger partial charge in [-0.3, -0.25) is 19.8 Å². The number of benzene rings is 3. The van der Waals surface area contributed by atoms with Crippen LogP contribution in [0, 0.1) is 21.4 Å². The van der Waals surface area contributed by atoms with E-state index in [-0.39, 0.29) is 41.8 Å². The topological polar surface area (TPSA) is 172 Å². The Morgan fingerprint density at radius 1 is 0.938 bits per heavy atom. The van der Waals surface area contributed by atoms with E-state index in [4.69, 9.17) is 9.47 Å². The van der Waals surface area contributed by atoms with Gasteiger partial charge >= 0.3 is 0 Å². The molecule has 2 saturated carbocycles. The maximum Gasteiger partial charge on any atom is 0.293 e. The average Bonchev–Trinajstić information content (AvgIpc) is 3.61. The highest BCUT2D eigenvalue weighted by Gasteiger charge is 2.44. The van der Waals surface area contributed by atoms with E-state index >= 15 is 0 Å². The normalized spacial score (nSPS) is 23.0. The molecular formula is C48H57N7O7S2. The van der Waals surface area contributed by atoms with E-state index in [1.165, 1.54) is 57.2 Å². The van der Waals surface area contributed by atoms with Crippen molar-refractivity contribution in [2.75, 3.05) is 49.6 Å². The molecule has 5 aliphatic rings. The maximum absolute atomic E-state index is 14.0. The fourth-order valence-electron chi connectivity index (χ4n) is 10.8. The molecule has 10 rings (SSSR count). The summed E-state index contributed by atoms with van der Waals surface area (Å²) in [6.07, 6.45) is 15.9. The number of nitro groups is 1. The Labute approximate surface area is 381 Å². The van der Waals surface area contributed by atoms with Crippen molar-refractivity contribution >= 4 is 57.5 Å². The molecule has 1 spiro atoms. The molecule has 0 unspecified atom stereocenters. The number of anilines is 2. The van der Waals surface area contributed by atoms with E-state index in [0.717, 1.165) is 68.3 Å². The lowest BCUT2D eigenvalue weighted by molar-refractivity contribution is -0.384. The number of hydrogen-bond donors (Lipinski definition) is 3. The predicted octanol–water partition coefficient (Wildman–Crippen LogP) is 9.19. The summed E-state index contributed by atoms with van der Waals surface area (Å²) >= 11 is 0. The number of fused-ring (bicyclic) bond motifs is 1. The second kappa shape index (κ2) is 18.4. The Morgan fingerprint density at radius 2 is 1.73 bits per heavy atom. The third-order valence-electron chi connectivity index (χ3n) is 14.4. The quantitative estimate of drug-likeness (QED) is 0.0760. The third kappa shape index (κ3) is 9.19. The molecule has 16 heteroatoms. The van der Waals surface area contributed by atoms with Crippen molar-refractivity contribution < 1.29 is 27.6 Å². The minimum atomic E-state index is -4.54. The van der Waals surface area contributed by atoms with Gasteiger partial charge in [-0.1, -0.05) is 24.3 Å². The number of nitrogens with zero attached hydrogens (tertiary/aromatic N) is 4. The molecule has 2 aliphatic carbocycles. The third-order valence-corrected chi connectivity index (χ3v) is 15.7. The number of aromatic nitrogens is 2. The lowest BCUT2D eigenvalue weighted by Gasteiger charge is -2.43. The van der Waals surface area contributed by atoms with Gasteiger partial charge in [0, 0.05) is 74.3 Å². The summed E-state index contributed by atoms with van der Waals surface area (Å²) in [4.78, 5) is 37.8. The molecular weight excluding hydrogens is 851 g/mol. The van der Waals surface area contributed by atoms with E-state index in [1.54, 1.807) is 35.7 Å². The fraction of sp³-hybridized carbons (Fsp3) is 0.458. The predicted molar refractivity (Wildman–Crippen MR) is 251 cm³/mol. The fourth-order valence-corrected chi connectivity index (χ4v) is 11.7. The molecule has 5 heterocycles. The summed E-state index contributed by atoms with van der Waals surface area (Å²) in [5.41, 5.74) is 4.71. The SMILES string of the molecule is O=C(NS(=O)(=O)c1ccc(NCC2CCOCC2)c([N+](=O)[O-])c1)c1ccc(N2CCC3(CCC(N4CCC[C@H]4c4ccccc4C4CC4)CC3)C2)cc1Oc1cnc2[nH]ccc2c1.S. The molecule has 3 aliphatic heterocycles. The molecule has 64 heavy (non-hydrogen) atoms. The second-order valence-corrected chi connectivity index (χ2v) is 20.1. The lowest BCUT2D eigenvalue weighted by Crippen LogP contribution is -2.41. The van der Waals surface area contributed by atoms with Crippen LogP contribution in [-0.2, 0) is 14.8 Å². The minimum Gasteiger partial charge on any atom is -0.455 e. The standard InChI is InChI=1S/C48H55N7O7S.H2S/c56-47(52-63(59,60)38-10-12-42(44(28-38)55(57)58)50-29-32-16-24-61-25-17-32)41-11-9-36(27-45(41)62-37-26-34-15-21-49-46(34)51-30-37)53-23-20-48(31-53)18-13-35(14-19-48)54-22-3-6-43(54)40-5-2-1-4-39(40)33-7-8-33;/h1-2,4-5,9-12,15,21,26-28,30,32-33,35,43,50H,3,6-8,13-14,16-20,22-25,29,31H2,(H,49,51)(H,52,56);1H2/t35?,43-,48?;/m0./s1. The number of pyridine rings is 1. The Kier molecular flexibility index (Phi) is 12.7. The summed E-state index contributed by atoms with van der Waals surface area (Å²) in [5, 5.41) is 16.0. The highest BCUT2D eigenvalue weighted by molar-refractivity contribution is 7.90. The number of nitro benzene ring substituents is 1. The van der Waals surface area contributed by atoms with Gasteiger partial charge in [-0.05, 0) is 142 Å². The van der Waals surface area contributed by atoms with Crippen molar-refractivity contribution in [2.45, 2.75) is 93.5 Å². The van der Waals surface area contributed by atoms with E-state index in [2.05, 4.69) is 54.1 Å². The van der Waals surface area contributed by atoms with Crippen LogP contribution in [0.25, 0.3) is 11.0 Å². The highest BCUT2D eigenvalue weighted by Crippen LogP contribution is 2.50. The molecule has 3 aromatic carbocycles. The van der Waals surface area contributed by atoms with Crippen LogP contribution in [0.5, 0.6) is 11.5 Å². The zero-order valence-corrected chi connectivity index (χ0v) is 37.8. The number of aromatic amines is 1. The number of ether oxygens (including phenoxy) is 2. The summed E-state index contributed by atoms with van der Waals surface area (Å²) in [7, 11) is -4.54. The van der Waals surface area contributed by atoms with Crippen LogP contribution >= 0.6 is 13.5 Å². The molecule has 5 aromatic rings. The van der Waals surface area contributed by atoms with Gasteiger partial charge in [0.05, 0.1) is 21.6 Å². The van der Waals surface area contributed by atoms with Crippen LogP contribution in [0.4, 0.5) is 17.1 Å². The van der Waals surface area contributed by atoms with Gasteiger partial charge in [-0.15, -0.1) is 0 Å². The zero-order valence-electron chi connectivity index (χ0n) is 36.0. The zero-order chi connectivity index (χ0) is 43.1. The number of H-pyrrole nitrogens is 1. The van der Waals surface area contributed by atoms with Gasteiger partial charge in [0.25, 0.3) is 21.6 Å². The molecule has 1 amide bonds. The van der Waals surface area contributed by atoms with Crippen LogP contribution in [0.1, 0.15) is 104 Å². The Bertz CT molecular complexity index is 2620. The molecule has 338 valence electrons. The highest BCUT2D eigenvalue weighted by atomic mass is 32.2. The molecule has 0 radical (unpaired) electrons. The average molecular weight is 908 g/mol. The molecule has 14 nitrogen and oxygen atoms in total. The van der Waals surface area contributed by atoms with Crippen LogP contribution < -0.4 is 19.7 Å². The monoisotopic (exact) mass is 907 g/mol. The first-order chi connectivity index (χ1) is 30.6. The Balaban J connectivity index is 0.00000518. The number of hydrogen-bond acceptors (Lipinski definition) is 11. The maximum atomic E-state index is 14.0. The smallest absolute Gasteiger partial charge is 0.293 e. The van der Waals surface area contributed by atoms with Crippen molar-refractivity contribution in [3.63, 3.8) is 0 Å². The summed E-state index contributed by atoms with van der Waals surface area (Å²) in [6.45, 7) is 4.69.